The summed E-state index contributed by atoms with van der Waals surface area (Å²) in [7, 11) is 0. The predicted octanol–water partition coefficient (Wildman–Crippen LogP) is 3.43. The van der Waals surface area contributed by atoms with Crippen molar-refractivity contribution in [2.75, 3.05) is 36.0 Å². The molecule has 0 unspecified atom stereocenters. The van der Waals surface area contributed by atoms with Crippen molar-refractivity contribution in [3.05, 3.63) is 17.7 Å². The number of nitrogens with zero attached hydrogens (tertiary/aromatic N) is 4. The summed E-state index contributed by atoms with van der Waals surface area (Å²) in [5, 5.41) is 9.41. The highest BCUT2D eigenvalue weighted by Crippen LogP contribution is 2.28. The molecule has 0 aromatic carbocycles. The van der Waals surface area contributed by atoms with Gasteiger partial charge in [0.05, 0.1) is 5.56 Å². The Kier molecular flexibility index (Phi) is 4.52. The van der Waals surface area contributed by atoms with Gasteiger partial charge in [-0.3, -0.25) is 0 Å². The summed E-state index contributed by atoms with van der Waals surface area (Å²) in [6.45, 7) is 8.82. The fourth-order valence-corrected chi connectivity index (χ4v) is 3.40. The number of pyridine rings is 1. The van der Waals surface area contributed by atoms with E-state index < -0.39 is 0 Å². The topological polar surface area (TPSA) is 43.2 Å². The molecule has 0 aliphatic carbocycles. The van der Waals surface area contributed by atoms with Crippen molar-refractivity contribution in [2.45, 2.75) is 39.5 Å². The standard InChI is InChI=1S/C18H26N4/c1-14-5-9-21(10-6-14)17-4-3-16(13-19)18(20-17)22-11-7-15(2)8-12-22/h3-4,14-15H,5-12H2,1-2H3. The van der Waals surface area contributed by atoms with Crippen molar-refractivity contribution in [3.63, 3.8) is 0 Å². The maximum Gasteiger partial charge on any atom is 0.148 e. The molecule has 0 N–H and O–H groups in total. The summed E-state index contributed by atoms with van der Waals surface area (Å²) >= 11 is 0. The van der Waals surface area contributed by atoms with Crippen LogP contribution in [-0.4, -0.2) is 31.2 Å². The smallest absolute Gasteiger partial charge is 0.148 e. The van der Waals surface area contributed by atoms with E-state index in [4.69, 9.17) is 4.98 Å². The van der Waals surface area contributed by atoms with Crippen molar-refractivity contribution >= 4 is 11.6 Å². The van der Waals surface area contributed by atoms with Gasteiger partial charge in [-0.1, -0.05) is 13.8 Å². The molecule has 0 bridgehead atoms. The summed E-state index contributed by atoms with van der Waals surface area (Å²) < 4.78 is 0. The van der Waals surface area contributed by atoms with Crippen molar-refractivity contribution in [3.8, 4) is 6.07 Å². The van der Waals surface area contributed by atoms with Crippen LogP contribution < -0.4 is 9.80 Å². The molecule has 4 heteroatoms. The Bertz CT molecular complexity index is 547. The quantitative estimate of drug-likeness (QED) is 0.839. The lowest BCUT2D eigenvalue weighted by Gasteiger charge is -2.34. The van der Waals surface area contributed by atoms with Crippen LogP contribution in [0.4, 0.5) is 11.6 Å². The molecule has 1 aromatic heterocycles. The molecule has 118 valence electrons. The van der Waals surface area contributed by atoms with Crippen LogP contribution in [0.2, 0.25) is 0 Å². The van der Waals surface area contributed by atoms with E-state index in [9.17, 15) is 5.26 Å². The van der Waals surface area contributed by atoms with Crippen LogP contribution in [0.5, 0.6) is 0 Å². The van der Waals surface area contributed by atoms with Gasteiger partial charge in [-0.25, -0.2) is 4.98 Å². The maximum absolute atomic E-state index is 9.41. The van der Waals surface area contributed by atoms with Crippen LogP contribution in [0.1, 0.15) is 45.1 Å². The first-order valence-electron chi connectivity index (χ1n) is 8.58. The second-order valence-corrected chi connectivity index (χ2v) is 6.99. The normalized spacial score (nSPS) is 21.0. The van der Waals surface area contributed by atoms with E-state index in [0.717, 1.165) is 49.7 Å². The molecule has 2 aliphatic heterocycles. The molecule has 3 heterocycles. The highest BCUT2D eigenvalue weighted by molar-refractivity contribution is 5.59. The van der Waals surface area contributed by atoms with Gasteiger partial charge >= 0.3 is 0 Å². The van der Waals surface area contributed by atoms with Crippen LogP contribution in [0.3, 0.4) is 0 Å². The molecule has 4 nitrogen and oxygen atoms in total. The molecule has 2 fully saturated rings. The molecule has 0 atom stereocenters. The summed E-state index contributed by atoms with van der Waals surface area (Å²) in [5.41, 5.74) is 0.712. The molecular weight excluding hydrogens is 272 g/mol. The monoisotopic (exact) mass is 298 g/mol. The van der Waals surface area contributed by atoms with E-state index in [1.54, 1.807) is 0 Å². The lowest BCUT2D eigenvalue weighted by atomic mass is 9.98. The third kappa shape index (κ3) is 3.19. The van der Waals surface area contributed by atoms with Crippen molar-refractivity contribution in [1.29, 1.82) is 5.26 Å². The Labute approximate surface area is 133 Å². The van der Waals surface area contributed by atoms with Crippen molar-refractivity contribution < 1.29 is 0 Å². The summed E-state index contributed by atoms with van der Waals surface area (Å²) in [6.07, 6.45) is 4.85. The molecule has 0 radical (unpaired) electrons. The van der Waals surface area contributed by atoms with E-state index >= 15 is 0 Å². The van der Waals surface area contributed by atoms with Gasteiger partial charge < -0.3 is 9.80 Å². The molecule has 1 aromatic rings. The maximum atomic E-state index is 9.41. The molecule has 2 aliphatic rings. The van der Waals surface area contributed by atoms with Crippen molar-refractivity contribution in [2.24, 2.45) is 11.8 Å². The van der Waals surface area contributed by atoms with Gasteiger partial charge in [-0.05, 0) is 49.7 Å². The van der Waals surface area contributed by atoms with E-state index in [0.29, 0.717) is 5.56 Å². The van der Waals surface area contributed by atoms with Crippen LogP contribution >= 0.6 is 0 Å². The van der Waals surface area contributed by atoms with Crippen molar-refractivity contribution in [1.82, 2.24) is 4.98 Å². The number of hydrogen-bond donors (Lipinski definition) is 0. The number of piperidine rings is 2. The Hall–Kier alpha value is -1.76. The van der Waals surface area contributed by atoms with Gasteiger partial charge in [-0.2, -0.15) is 5.26 Å². The number of hydrogen-bond acceptors (Lipinski definition) is 4. The van der Waals surface area contributed by atoms with E-state index in [1.807, 2.05) is 12.1 Å². The molecule has 3 rings (SSSR count). The van der Waals surface area contributed by atoms with Crippen LogP contribution in [0.25, 0.3) is 0 Å². The molecule has 0 amide bonds. The lowest BCUT2D eigenvalue weighted by molar-refractivity contribution is 0.432. The minimum Gasteiger partial charge on any atom is -0.357 e. The fraction of sp³-hybridized carbons (Fsp3) is 0.667. The summed E-state index contributed by atoms with van der Waals surface area (Å²) in [6, 6.07) is 6.29. The van der Waals surface area contributed by atoms with Crippen LogP contribution in [0, 0.1) is 23.2 Å². The van der Waals surface area contributed by atoms with Crippen LogP contribution in [0.15, 0.2) is 12.1 Å². The molecule has 0 saturated carbocycles. The minimum atomic E-state index is 0.712. The average molecular weight is 298 g/mol. The van der Waals surface area contributed by atoms with Gasteiger partial charge in [-0.15, -0.1) is 0 Å². The number of aromatic nitrogens is 1. The Balaban J connectivity index is 1.82. The Morgan fingerprint density at radius 1 is 0.955 bits per heavy atom. The second kappa shape index (κ2) is 6.56. The third-order valence-corrected chi connectivity index (χ3v) is 5.17. The van der Waals surface area contributed by atoms with Gasteiger partial charge in [0.1, 0.15) is 17.7 Å². The summed E-state index contributed by atoms with van der Waals surface area (Å²) in [5.74, 6) is 3.54. The molecule has 2 saturated heterocycles. The predicted molar refractivity (Wildman–Crippen MR) is 90.2 cm³/mol. The molecular formula is C18H26N4. The van der Waals surface area contributed by atoms with Gasteiger partial charge in [0.2, 0.25) is 0 Å². The highest BCUT2D eigenvalue weighted by Gasteiger charge is 2.22. The number of anilines is 2. The zero-order valence-electron chi connectivity index (χ0n) is 13.8. The van der Waals surface area contributed by atoms with E-state index in [2.05, 4.69) is 29.7 Å². The lowest BCUT2D eigenvalue weighted by Crippen LogP contribution is -2.36. The zero-order valence-corrected chi connectivity index (χ0v) is 13.8. The van der Waals surface area contributed by atoms with Crippen LogP contribution in [-0.2, 0) is 0 Å². The SMILES string of the molecule is CC1CCN(c2ccc(C#N)c(N3CCC(C)CC3)n2)CC1. The number of rotatable bonds is 2. The van der Waals surface area contributed by atoms with Gasteiger partial charge in [0, 0.05) is 26.2 Å². The minimum absolute atomic E-state index is 0.712. The first-order valence-corrected chi connectivity index (χ1v) is 8.58. The first kappa shape index (κ1) is 15.1. The first-order chi connectivity index (χ1) is 10.7. The number of nitriles is 1. The molecule has 0 spiro atoms. The fourth-order valence-electron chi connectivity index (χ4n) is 3.40. The van der Waals surface area contributed by atoms with E-state index in [-0.39, 0.29) is 0 Å². The van der Waals surface area contributed by atoms with Gasteiger partial charge in [0.15, 0.2) is 0 Å². The molecule has 22 heavy (non-hydrogen) atoms. The highest BCUT2D eigenvalue weighted by atomic mass is 15.2. The van der Waals surface area contributed by atoms with E-state index in [1.165, 1.54) is 25.7 Å². The zero-order chi connectivity index (χ0) is 15.5. The third-order valence-electron chi connectivity index (χ3n) is 5.17. The Morgan fingerprint density at radius 2 is 1.50 bits per heavy atom. The average Bonchev–Trinajstić information content (AvgIpc) is 2.56. The summed E-state index contributed by atoms with van der Waals surface area (Å²) in [4.78, 5) is 9.54. The largest absolute Gasteiger partial charge is 0.357 e. The van der Waals surface area contributed by atoms with Gasteiger partial charge in [0.25, 0.3) is 0 Å². The Morgan fingerprint density at radius 3 is 2.05 bits per heavy atom. The second-order valence-electron chi connectivity index (χ2n) is 6.99.